The van der Waals surface area contributed by atoms with Crippen LogP contribution in [0, 0.1) is 0 Å². The van der Waals surface area contributed by atoms with Gasteiger partial charge in [-0.2, -0.15) is 0 Å². The molecule has 204 valence electrons. The Morgan fingerprint density at radius 1 is 0.295 bits per heavy atom. The molecule has 44 heavy (non-hydrogen) atoms. The Morgan fingerprint density at radius 3 is 1.68 bits per heavy atom. The zero-order chi connectivity index (χ0) is 52.5. The molecule has 9 aromatic carbocycles. The molecule has 0 saturated heterocycles. The molecule has 0 fully saturated rings. The summed E-state index contributed by atoms with van der Waals surface area (Å²) < 4.78 is 242. The van der Waals surface area contributed by atoms with E-state index in [0.29, 0.717) is 0 Å². The summed E-state index contributed by atoms with van der Waals surface area (Å²) in [6.45, 7) is 0. The van der Waals surface area contributed by atoms with Crippen molar-refractivity contribution in [1.29, 1.82) is 0 Å². The van der Waals surface area contributed by atoms with Gasteiger partial charge in [0.2, 0.25) is 0 Å². The zero-order valence-corrected chi connectivity index (χ0v) is 22.1. The average molecular weight is 584 g/mol. The van der Waals surface area contributed by atoms with E-state index in [1.165, 1.54) is 0 Å². The molecular weight excluding hydrogens is 528 g/mol. The van der Waals surface area contributed by atoms with E-state index in [9.17, 15) is 12.3 Å². The molecule has 9 aromatic rings. The molecular formula is C44H28. The van der Waals surface area contributed by atoms with E-state index in [4.69, 9.17) is 24.7 Å². The summed E-state index contributed by atoms with van der Waals surface area (Å²) in [6, 6.07) is -23.0. The molecule has 0 spiro atoms. The molecule has 0 amide bonds. The number of fused-ring (bicyclic) bond motifs is 6. The topological polar surface area (TPSA) is 0 Å². The van der Waals surface area contributed by atoms with E-state index < -0.39 is 250 Å². The van der Waals surface area contributed by atoms with Crippen LogP contribution in [-0.4, -0.2) is 0 Å². The average Bonchev–Trinajstić information content (AvgIpc) is 3.33. The quantitative estimate of drug-likeness (QED) is 0.143. The summed E-state index contributed by atoms with van der Waals surface area (Å²) in [5.74, 6) is 0. The Balaban J connectivity index is 1.57. The molecule has 0 bridgehead atoms. The highest BCUT2D eigenvalue weighted by Crippen LogP contribution is 2.45. The smallest absolute Gasteiger partial charge is 0.0616 e. The standard InChI is InChI=1S/C44H28/c1-4-17-36-29(11-1)13-10-22-38(36)44-41-20-7-5-18-39(41)43(40-19-6-8-21-42(40)44)34-15-9-14-31(28-34)32-25-26-37-33(27-32)24-23-30-12-2-3-16-35(30)37/h1-28H/i1D,2D,3D,4D,5D,6D,7D,8D,9D,10D,11D,12D,13D,14D,15D,16D,17D,18D,20D,21D,22D,23D,24D,25D,26D,27D,28D. The Bertz CT molecular complexity index is 4060. The van der Waals surface area contributed by atoms with Gasteiger partial charge in [0.15, 0.2) is 0 Å². The van der Waals surface area contributed by atoms with Gasteiger partial charge >= 0.3 is 0 Å². The van der Waals surface area contributed by atoms with Crippen LogP contribution in [0.4, 0.5) is 0 Å². The SMILES string of the molecule is [2H]c1cc2c(-c3c([2H])c([2H])c([2H])c(-c4c([2H])c([2H])c5c(c4[2H])c([2H])c([2H])c4c([2H])c([2H])c([2H])c([2H])c45)c3[2H])c3c([2H])c([2H])c([2H])c([2H])c3c(-c3c([2H])c([2H])c([2H])c4c([2H])c([2H])c([2H])c([2H])c34)c2c([2H])c1[2H]. The number of rotatable bonds is 3. The van der Waals surface area contributed by atoms with Crippen molar-refractivity contribution in [3.05, 3.63) is 169 Å². The minimum Gasteiger partial charge on any atom is -0.0616 e. The summed E-state index contributed by atoms with van der Waals surface area (Å²) in [5.41, 5.74) is -4.32. The van der Waals surface area contributed by atoms with Gasteiger partial charge in [0.25, 0.3) is 0 Å². The largest absolute Gasteiger partial charge is 0.0636 e. The lowest BCUT2D eigenvalue weighted by Crippen LogP contribution is -1.92. The molecule has 0 nitrogen and oxygen atoms in total. The Kier molecular flexibility index (Phi) is 2.24. The van der Waals surface area contributed by atoms with Crippen molar-refractivity contribution in [3.8, 4) is 33.4 Å². The highest BCUT2D eigenvalue weighted by atomic mass is 14.2. The van der Waals surface area contributed by atoms with Crippen molar-refractivity contribution in [2.24, 2.45) is 0 Å². The molecule has 0 N–H and O–H groups in total. The Morgan fingerprint density at radius 2 is 0.841 bits per heavy atom. The first-order chi connectivity index (χ1) is 33.1. The summed E-state index contributed by atoms with van der Waals surface area (Å²) in [6.07, 6.45) is 0. The van der Waals surface area contributed by atoms with Gasteiger partial charge in [0, 0.05) is 0 Å². The van der Waals surface area contributed by atoms with E-state index in [0.717, 1.165) is 6.07 Å². The van der Waals surface area contributed by atoms with Crippen molar-refractivity contribution in [2.75, 3.05) is 0 Å². The van der Waals surface area contributed by atoms with Crippen molar-refractivity contribution < 1.29 is 37.0 Å². The minimum absolute atomic E-state index is 0.474. The van der Waals surface area contributed by atoms with Gasteiger partial charge in [-0.15, -0.1) is 0 Å². The Hall–Kier alpha value is -5.72. The van der Waals surface area contributed by atoms with Gasteiger partial charge in [-0.05, 0) is 99.3 Å². The zero-order valence-electron chi connectivity index (χ0n) is 49.1. The lowest BCUT2D eigenvalue weighted by atomic mass is 9.84. The number of hydrogen-bond donors (Lipinski definition) is 0. The van der Waals surface area contributed by atoms with E-state index in [-0.39, 0.29) is 0 Å². The lowest BCUT2D eigenvalue weighted by Gasteiger charge is -2.19. The third-order valence-electron chi connectivity index (χ3n) is 7.20. The summed E-state index contributed by atoms with van der Waals surface area (Å²) >= 11 is 0. The number of hydrogen-bond acceptors (Lipinski definition) is 0. The second-order valence-electron chi connectivity index (χ2n) is 9.58. The molecule has 0 atom stereocenters. The lowest BCUT2D eigenvalue weighted by molar-refractivity contribution is 1.63. The van der Waals surface area contributed by atoms with Crippen LogP contribution >= 0.6 is 0 Å². The van der Waals surface area contributed by atoms with Crippen molar-refractivity contribution in [3.63, 3.8) is 0 Å². The predicted octanol–water partition coefficient (Wildman–Crippen LogP) is 12.5. The van der Waals surface area contributed by atoms with Gasteiger partial charge in [0.05, 0.1) is 37.0 Å². The second kappa shape index (κ2) is 9.93. The summed E-state index contributed by atoms with van der Waals surface area (Å²) in [4.78, 5) is 0. The van der Waals surface area contributed by atoms with Crippen LogP contribution in [0.25, 0.3) is 87.2 Å². The first-order valence-corrected chi connectivity index (χ1v) is 13.1. The van der Waals surface area contributed by atoms with Crippen LogP contribution in [0.2, 0.25) is 0 Å². The van der Waals surface area contributed by atoms with Crippen LogP contribution in [-0.2, 0) is 0 Å². The van der Waals surface area contributed by atoms with Crippen molar-refractivity contribution >= 4 is 53.9 Å². The fourth-order valence-electron chi connectivity index (χ4n) is 5.32. The van der Waals surface area contributed by atoms with Crippen LogP contribution in [0.15, 0.2) is 169 Å². The van der Waals surface area contributed by atoms with Gasteiger partial charge in [-0.3, -0.25) is 0 Å². The van der Waals surface area contributed by atoms with Crippen molar-refractivity contribution in [2.45, 2.75) is 0 Å². The van der Waals surface area contributed by atoms with Gasteiger partial charge in [-0.1, -0.05) is 157 Å². The molecule has 0 aliphatic heterocycles. The van der Waals surface area contributed by atoms with Gasteiger partial charge in [0.1, 0.15) is 0 Å². The first kappa shape index (κ1) is 9.91. The van der Waals surface area contributed by atoms with Crippen LogP contribution in [0.1, 0.15) is 37.0 Å². The monoisotopic (exact) mass is 583 g/mol. The maximum atomic E-state index is 9.82. The Labute approximate surface area is 294 Å². The first-order valence-electron chi connectivity index (χ1n) is 26.6. The maximum Gasteiger partial charge on any atom is 0.0636 e. The third-order valence-corrected chi connectivity index (χ3v) is 7.20. The van der Waals surface area contributed by atoms with Crippen LogP contribution in [0.5, 0.6) is 0 Å². The highest BCUT2D eigenvalue weighted by Gasteiger charge is 2.18. The molecule has 9 rings (SSSR count). The van der Waals surface area contributed by atoms with Gasteiger partial charge in [-0.25, -0.2) is 0 Å². The summed E-state index contributed by atoms with van der Waals surface area (Å²) in [5, 5.41) is -5.71. The minimum atomic E-state index is -1.04. The molecule has 0 saturated carbocycles. The molecule has 0 aliphatic rings. The molecule has 0 radical (unpaired) electrons. The van der Waals surface area contributed by atoms with Crippen LogP contribution < -0.4 is 0 Å². The third kappa shape index (κ3) is 3.85. The van der Waals surface area contributed by atoms with E-state index >= 15 is 0 Å². The van der Waals surface area contributed by atoms with Crippen molar-refractivity contribution in [1.82, 2.24) is 0 Å². The van der Waals surface area contributed by atoms with E-state index in [1.54, 1.807) is 0 Å². The normalized spacial score (nSPS) is 20.2. The summed E-state index contributed by atoms with van der Waals surface area (Å²) in [7, 11) is 0. The van der Waals surface area contributed by atoms with Crippen LogP contribution in [0.3, 0.4) is 0 Å². The predicted molar refractivity (Wildman–Crippen MR) is 190 cm³/mol. The van der Waals surface area contributed by atoms with Gasteiger partial charge < -0.3 is 0 Å². The fraction of sp³-hybridized carbons (Fsp3) is 0. The van der Waals surface area contributed by atoms with E-state index in [1.807, 2.05) is 0 Å². The highest BCUT2D eigenvalue weighted by molar-refractivity contribution is 6.23. The molecule has 0 aromatic heterocycles. The number of benzene rings is 9. The molecule has 0 unspecified atom stereocenters. The second-order valence-corrected chi connectivity index (χ2v) is 9.58. The fourth-order valence-corrected chi connectivity index (χ4v) is 5.32. The molecule has 0 aliphatic carbocycles. The molecule has 0 heterocycles. The maximum absolute atomic E-state index is 9.82. The molecule has 0 heteroatoms. The van der Waals surface area contributed by atoms with E-state index in [2.05, 4.69) is 0 Å².